The number of hydrogen-bond acceptors (Lipinski definition) is 16. The molecule has 21 heteroatoms. The maximum absolute atomic E-state index is 14.1. The summed E-state index contributed by atoms with van der Waals surface area (Å²) in [5.41, 5.74) is 9.44. The van der Waals surface area contributed by atoms with Crippen LogP contribution < -0.4 is 5.73 Å². The number of rotatable bonds is 46. The van der Waals surface area contributed by atoms with Crippen molar-refractivity contribution in [1.29, 1.82) is 0 Å². The molecular formula is C57H87F4N5O11S. The van der Waals surface area contributed by atoms with Crippen molar-refractivity contribution < 1.29 is 69.7 Å². The van der Waals surface area contributed by atoms with E-state index in [0.717, 1.165) is 55.0 Å². The monoisotopic (exact) mass is 1130 g/mol. The van der Waals surface area contributed by atoms with Gasteiger partial charge in [0.1, 0.15) is 5.84 Å². The smallest absolute Gasteiger partial charge is 0.250 e. The molecule has 2 aromatic carbocycles. The Morgan fingerprint density at radius 1 is 0.615 bits per heavy atom. The lowest BCUT2D eigenvalue weighted by Crippen LogP contribution is -2.33. The van der Waals surface area contributed by atoms with Crippen molar-refractivity contribution in [2.45, 2.75) is 78.0 Å². The van der Waals surface area contributed by atoms with Gasteiger partial charge in [-0.25, -0.2) is 22.6 Å². The van der Waals surface area contributed by atoms with E-state index in [1.807, 2.05) is 11.0 Å². The summed E-state index contributed by atoms with van der Waals surface area (Å²) in [4.78, 5) is 27.4. The van der Waals surface area contributed by atoms with Crippen LogP contribution >= 0.6 is 11.3 Å². The van der Waals surface area contributed by atoms with Crippen molar-refractivity contribution in [3.05, 3.63) is 91.7 Å². The van der Waals surface area contributed by atoms with E-state index in [0.29, 0.717) is 137 Å². The van der Waals surface area contributed by atoms with E-state index in [-0.39, 0.29) is 38.2 Å². The van der Waals surface area contributed by atoms with Crippen molar-refractivity contribution in [2.75, 3.05) is 166 Å². The number of thiophene rings is 1. The normalized spacial score (nSPS) is 13.1. The van der Waals surface area contributed by atoms with Gasteiger partial charge in [-0.05, 0) is 83.1 Å². The van der Waals surface area contributed by atoms with Crippen LogP contribution in [-0.4, -0.2) is 193 Å². The summed E-state index contributed by atoms with van der Waals surface area (Å²) in [7, 11) is 6.29. The molecule has 440 valence electrons. The van der Waals surface area contributed by atoms with Crippen molar-refractivity contribution in [3.63, 3.8) is 0 Å². The fourth-order valence-electron chi connectivity index (χ4n) is 8.10. The molecule has 3 aromatic rings. The number of benzene rings is 2. The van der Waals surface area contributed by atoms with E-state index in [1.165, 1.54) is 23.3 Å². The van der Waals surface area contributed by atoms with Gasteiger partial charge in [0.15, 0.2) is 23.3 Å². The number of fused-ring (bicyclic) bond motifs is 1. The molecule has 1 unspecified atom stereocenters. The number of nitrogens with zero attached hydrogens (tertiary/aromatic N) is 4. The topological polar surface area (TPSA) is 157 Å². The maximum Gasteiger partial charge on any atom is 0.250 e. The van der Waals surface area contributed by atoms with Gasteiger partial charge in [0.2, 0.25) is 0 Å². The lowest BCUT2D eigenvalue weighted by atomic mass is 10.0. The lowest BCUT2D eigenvalue weighted by Gasteiger charge is -2.24. The zero-order chi connectivity index (χ0) is 56.2. The Hall–Kier alpha value is -3.94. The fourth-order valence-corrected chi connectivity index (χ4v) is 9.21. The van der Waals surface area contributed by atoms with Crippen molar-refractivity contribution >= 4 is 34.8 Å². The van der Waals surface area contributed by atoms with Crippen molar-refractivity contribution in [2.24, 2.45) is 10.7 Å². The number of carbonyl (C=O) groups excluding carboxylic acids is 1. The number of carbonyl (C=O) groups is 1. The van der Waals surface area contributed by atoms with Gasteiger partial charge in [0, 0.05) is 49.1 Å². The molecule has 2 heterocycles. The third-order valence-corrected chi connectivity index (χ3v) is 13.3. The molecule has 0 saturated heterocycles. The molecule has 0 fully saturated rings. The van der Waals surface area contributed by atoms with Crippen LogP contribution in [-0.2, 0) is 71.7 Å². The number of likely N-dealkylation sites (N-methyl/N-ethyl adjacent to an activating group) is 1. The van der Waals surface area contributed by atoms with Crippen LogP contribution in [0.25, 0.3) is 6.08 Å². The van der Waals surface area contributed by atoms with Gasteiger partial charge in [-0.1, -0.05) is 44.5 Å². The van der Waals surface area contributed by atoms with Crippen molar-refractivity contribution in [3.8, 4) is 0 Å². The number of ether oxygens (including phenoxy) is 10. The van der Waals surface area contributed by atoms with Gasteiger partial charge in [0.25, 0.3) is 5.91 Å². The van der Waals surface area contributed by atoms with Crippen LogP contribution in [0, 0.1) is 23.3 Å². The highest BCUT2D eigenvalue weighted by atomic mass is 32.1. The Balaban J connectivity index is 0.895. The standard InChI is InChI=1S/C57H87F4N5O11S/c1-6-16-66(57(67)46-38-52-50(63-53(62)39-46)40-47(78-52)11-9-8-10-17-64(3)4)43-45-14-12-44(13-15-45)42-65(5)18-19-68-20-21-69-22-23-70-24-25-71-26-27-72-28-29-73-30-31-74-32-33-75-34-35-76-36-37-77-51(7-2)54-55(60)48(58)41-49(59)56(54)61/h12-15,38,40-41,51H,6-11,16-37,39,42-43H2,1-5H3,(H2,62,63). The van der Waals surface area contributed by atoms with Gasteiger partial charge in [-0.2, -0.15) is 0 Å². The van der Waals surface area contributed by atoms with Crippen LogP contribution in [0.2, 0.25) is 0 Å². The second-order valence-corrected chi connectivity index (χ2v) is 20.1. The zero-order valence-corrected chi connectivity index (χ0v) is 47.6. The third-order valence-electron chi connectivity index (χ3n) is 12.1. The summed E-state index contributed by atoms with van der Waals surface area (Å²) in [6.45, 7) is 14.9. The number of amides is 1. The zero-order valence-electron chi connectivity index (χ0n) is 46.8. The minimum Gasteiger partial charge on any atom is -0.387 e. The molecular weight excluding hydrogens is 1040 g/mol. The Labute approximate surface area is 464 Å². The predicted molar refractivity (Wildman–Crippen MR) is 295 cm³/mol. The summed E-state index contributed by atoms with van der Waals surface area (Å²) < 4.78 is 110. The van der Waals surface area contributed by atoms with E-state index in [4.69, 9.17) is 58.1 Å². The van der Waals surface area contributed by atoms with Gasteiger partial charge < -0.3 is 62.9 Å². The van der Waals surface area contributed by atoms with Gasteiger partial charge in [0.05, 0.1) is 148 Å². The number of unbranched alkanes of at least 4 members (excludes halogenated alkanes) is 2. The quantitative estimate of drug-likeness (QED) is 0.0326. The molecule has 78 heavy (non-hydrogen) atoms. The third kappa shape index (κ3) is 27.0. The second-order valence-electron chi connectivity index (χ2n) is 19.0. The molecule has 0 bridgehead atoms. The van der Waals surface area contributed by atoms with Gasteiger partial charge in [-0.3, -0.25) is 9.69 Å². The lowest BCUT2D eigenvalue weighted by molar-refractivity contribution is -0.127. The molecule has 1 aromatic heterocycles. The Morgan fingerprint density at radius 3 is 1.56 bits per heavy atom. The first-order valence-corrected chi connectivity index (χ1v) is 28.2. The average molecular weight is 1130 g/mol. The molecule has 0 aliphatic carbocycles. The van der Waals surface area contributed by atoms with Crippen LogP contribution in [0.4, 0.5) is 23.2 Å². The molecule has 1 amide bonds. The van der Waals surface area contributed by atoms with Crippen LogP contribution in [0.5, 0.6) is 0 Å². The van der Waals surface area contributed by atoms with E-state index in [2.05, 4.69) is 68.2 Å². The van der Waals surface area contributed by atoms with E-state index in [9.17, 15) is 22.4 Å². The molecule has 1 aliphatic heterocycles. The first-order chi connectivity index (χ1) is 37.9. The number of amidine groups is 1. The number of halogens is 4. The summed E-state index contributed by atoms with van der Waals surface area (Å²) in [6.07, 6.45) is 6.69. The van der Waals surface area contributed by atoms with E-state index < -0.39 is 34.9 Å². The van der Waals surface area contributed by atoms with Crippen molar-refractivity contribution in [1.82, 2.24) is 14.7 Å². The second kappa shape index (κ2) is 40.3. The first kappa shape index (κ1) is 66.6. The minimum absolute atomic E-state index is 0.0111. The SMILES string of the molecule is CCCN(Cc1ccc(CN(C)CCOCCOCCOCCOCCOCCOCCOCCOCCOCCOC(CC)c2c(F)c(F)cc(F)c2F)cc1)C(=O)C1=Cc2sc(CCCCCN(C)C)cc2N=C(N)C1. The molecule has 1 atom stereocenters. The number of nitrogens with two attached hydrogens (primary N) is 1. The van der Waals surface area contributed by atoms with Gasteiger partial charge >= 0.3 is 0 Å². The van der Waals surface area contributed by atoms with Crippen LogP contribution in [0.15, 0.2) is 47.0 Å². The number of aliphatic imine (C=N–C) groups is 1. The predicted octanol–water partition coefficient (Wildman–Crippen LogP) is 8.54. The highest BCUT2D eigenvalue weighted by Gasteiger charge is 2.26. The highest BCUT2D eigenvalue weighted by molar-refractivity contribution is 7.13. The summed E-state index contributed by atoms with van der Waals surface area (Å²) in [6, 6.07) is 10.8. The molecule has 4 rings (SSSR count). The summed E-state index contributed by atoms with van der Waals surface area (Å²) >= 11 is 1.72. The fraction of sp³-hybridized carbons (Fsp3) is 0.649. The average Bonchev–Trinajstić information content (AvgIpc) is 3.80. The van der Waals surface area contributed by atoms with Crippen LogP contribution in [0.1, 0.15) is 84.9 Å². The molecule has 0 saturated carbocycles. The molecule has 1 aliphatic rings. The Bertz CT molecular complexity index is 2150. The highest BCUT2D eigenvalue weighted by Crippen LogP contribution is 2.36. The largest absolute Gasteiger partial charge is 0.387 e. The minimum atomic E-state index is -1.47. The van der Waals surface area contributed by atoms with Gasteiger partial charge in [-0.15, -0.1) is 11.3 Å². The molecule has 16 nitrogen and oxygen atoms in total. The number of aryl methyl sites for hydroxylation is 1. The summed E-state index contributed by atoms with van der Waals surface area (Å²) in [5.74, 6) is -5.37. The van der Waals surface area contributed by atoms with E-state index >= 15 is 0 Å². The summed E-state index contributed by atoms with van der Waals surface area (Å²) in [5, 5.41) is 0. The van der Waals surface area contributed by atoms with E-state index in [1.54, 1.807) is 18.3 Å². The maximum atomic E-state index is 14.1. The first-order valence-electron chi connectivity index (χ1n) is 27.4. The van der Waals surface area contributed by atoms with Crippen LogP contribution in [0.3, 0.4) is 0 Å². The molecule has 2 N–H and O–H groups in total. The number of hydrogen-bond donors (Lipinski definition) is 1. The molecule has 0 radical (unpaired) electrons. The molecule has 0 spiro atoms. The Morgan fingerprint density at radius 2 is 1.09 bits per heavy atom. The Kier molecular flexibility index (Phi) is 34.4.